The number of anilines is 1. The van der Waals surface area contributed by atoms with Crippen LogP contribution in [0.15, 0.2) is 42.4 Å². The van der Waals surface area contributed by atoms with Gasteiger partial charge in [0, 0.05) is 43.8 Å². The zero-order valence-corrected chi connectivity index (χ0v) is 24.7. The second-order valence-electron chi connectivity index (χ2n) is 11.8. The fourth-order valence-corrected chi connectivity index (χ4v) is 6.56. The monoisotopic (exact) mass is 551 g/mol. The molecule has 0 N–H and O–H groups in total. The molecule has 210 valence electrons. The van der Waals surface area contributed by atoms with Gasteiger partial charge in [-0.25, -0.2) is 13.4 Å². The Morgan fingerprint density at radius 3 is 2.67 bits per heavy atom. The topological polar surface area (TPSA) is 99.3 Å². The van der Waals surface area contributed by atoms with Gasteiger partial charge in [-0.05, 0) is 68.7 Å². The van der Waals surface area contributed by atoms with Crippen LogP contribution in [0.2, 0.25) is 0 Å². The molecule has 4 rings (SSSR count). The van der Waals surface area contributed by atoms with Crippen LogP contribution in [0.25, 0.3) is 0 Å². The Balaban J connectivity index is 1.55. The van der Waals surface area contributed by atoms with Crippen LogP contribution in [-0.4, -0.2) is 59.9 Å². The highest BCUT2D eigenvalue weighted by Gasteiger charge is 2.35. The fraction of sp³-hybridized carbons (Fsp3) is 0.567. The van der Waals surface area contributed by atoms with Crippen molar-refractivity contribution in [1.29, 1.82) is 5.26 Å². The predicted molar refractivity (Wildman–Crippen MR) is 154 cm³/mol. The first-order valence-corrected chi connectivity index (χ1v) is 15.9. The van der Waals surface area contributed by atoms with Crippen LogP contribution in [0, 0.1) is 29.6 Å². The molecule has 0 saturated carbocycles. The standard InChI is InChI=1S/C30H41N5O3S/c1-6-24-11-22(2)12-27(13-24)35-18-26(8-10-39(5,37)38)33(19-29(35)36)17-28-15-32-21-34(28)16-25-7-9-30(4,20-31)14-23(25)3/h7,11-13,15,21,23,26H,6,8-10,14,16-19H2,1-5H3/t23?,26-,30?/m0/s1. The molecule has 0 bridgehead atoms. The number of rotatable bonds is 9. The normalized spacial score (nSPS) is 24.5. The third-order valence-electron chi connectivity index (χ3n) is 8.20. The fourth-order valence-electron chi connectivity index (χ4n) is 5.86. The zero-order chi connectivity index (χ0) is 28.4. The minimum atomic E-state index is -3.15. The maximum absolute atomic E-state index is 13.4. The number of carbonyl (C=O) groups excluding carboxylic acids is 1. The number of hydrogen-bond donors (Lipinski definition) is 0. The molecule has 2 aromatic rings. The van der Waals surface area contributed by atoms with E-state index >= 15 is 0 Å². The number of amides is 1. The van der Waals surface area contributed by atoms with E-state index in [-0.39, 0.29) is 29.7 Å². The summed E-state index contributed by atoms with van der Waals surface area (Å²) in [5.74, 6) is 0.392. The van der Waals surface area contributed by atoms with Gasteiger partial charge >= 0.3 is 0 Å². The molecule has 39 heavy (non-hydrogen) atoms. The molecule has 1 aliphatic carbocycles. The number of allylic oxidation sites excluding steroid dienone is 2. The molecule has 3 atom stereocenters. The van der Waals surface area contributed by atoms with E-state index in [2.05, 4.69) is 52.6 Å². The molecular formula is C30H41N5O3S. The average Bonchev–Trinajstić information content (AvgIpc) is 3.30. The Bertz CT molecular complexity index is 1390. The van der Waals surface area contributed by atoms with E-state index in [0.717, 1.165) is 36.2 Å². The van der Waals surface area contributed by atoms with E-state index in [1.807, 2.05) is 37.3 Å². The molecule has 1 aromatic heterocycles. The minimum absolute atomic E-state index is 0.0173. The molecule has 1 aliphatic heterocycles. The van der Waals surface area contributed by atoms with Crippen molar-refractivity contribution in [3.8, 4) is 6.07 Å². The number of imidazole rings is 1. The number of aryl methyl sites for hydroxylation is 2. The number of hydrogen-bond acceptors (Lipinski definition) is 6. The van der Waals surface area contributed by atoms with Gasteiger partial charge in [0.05, 0.1) is 35.8 Å². The zero-order valence-electron chi connectivity index (χ0n) is 23.9. The predicted octanol–water partition coefficient (Wildman–Crippen LogP) is 4.29. The summed E-state index contributed by atoms with van der Waals surface area (Å²) in [5.41, 5.74) is 5.14. The van der Waals surface area contributed by atoms with Crippen molar-refractivity contribution >= 4 is 21.4 Å². The molecule has 2 aliphatic rings. The van der Waals surface area contributed by atoms with E-state index in [4.69, 9.17) is 0 Å². The summed E-state index contributed by atoms with van der Waals surface area (Å²) in [7, 11) is -3.15. The molecule has 0 radical (unpaired) electrons. The quantitative estimate of drug-likeness (QED) is 0.431. The van der Waals surface area contributed by atoms with Gasteiger partial charge in [0.2, 0.25) is 5.91 Å². The SMILES string of the molecule is CCc1cc(C)cc(N2C[C@H](CCS(C)(=O)=O)N(Cc3cncn3CC3=CCC(C)(C#N)CC3C)CC2=O)c1. The van der Waals surface area contributed by atoms with Crippen LogP contribution in [0.4, 0.5) is 5.69 Å². The summed E-state index contributed by atoms with van der Waals surface area (Å²) < 4.78 is 26.3. The number of aromatic nitrogens is 2. The number of nitrogens with zero attached hydrogens (tertiary/aromatic N) is 5. The first-order valence-electron chi connectivity index (χ1n) is 13.8. The highest BCUT2D eigenvalue weighted by molar-refractivity contribution is 7.90. The van der Waals surface area contributed by atoms with Gasteiger partial charge in [0.25, 0.3) is 0 Å². The van der Waals surface area contributed by atoms with Crippen LogP contribution in [0.3, 0.4) is 0 Å². The third-order valence-corrected chi connectivity index (χ3v) is 9.18. The molecule has 2 heterocycles. The van der Waals surface area contributed by atoms with E-state index in [9.17, 15) is 18.5 Å². The van der Waals surface area contributed by atoms with Gasteiger partial charge in [-0.15, -0.1) is 0 Å². The maximum Gasteiger partial charge on any atom is 0.241 e. The summed E-state index contributed by atoms with van der Waals surface area (Å²) >= 11 is 0. The van der Waals surface area contributed by atoms with Crippen molar-refractivity contribution in [1.82, 2.24) is 14.5 Å². The number of nitriles is 1. The van der Waals surface area contributed by atoms with Crippen molar-refractivity contribution in [3.63, 3.8) is 0 Å². The van der Waals surface area contributed by atoms with Crippen LogP contribution in [0.5, 0.6) is 0 Å². The van der Waals surface area contributed by atoms with Gasteiger partial charge in [-0.2, -0.15) is 5.26 Å². The van der Waals surface area contributed by atoms with E-state index in [0.29, 0.717) is 32.0 Å². The second-order valence-corrected chi connectivity index (χ2v) is 14.0. The van der Waals surface area contributed by atoms with Gasteiger partial charge in [-0.3, -0.25) is 9.69 Å². The Morgan fingerprint density at radius 2 is 2.00 bits per heavy atom. The smallest absolute Gasteiger partial charge is 0.241 e. The Kier molecular flexibility index (Phi) is 8.67. The second kappa shape index (κ2) is 11.6. The van der Waals surface area contributed by atoms with Gasteiger partial charge in [-0.1, -0.05) is 31.6 Å². The summed E-state index contributed by atoms with van der Waals surface area (Å²) in [6, 6.07) is 8.60. The third kappa shape index (κ3) is 7.17. The molecule has 1 amide bonds. The van der Waals surface area contributed by atoms with Crippen LogP contribution in [0.1, 0.15) is 56.9 Å². The Hall–Kier alpha value is -2.96. The first kappa shape index (κ1) is 29.0. The molecule has 0 spiro atoms. The molecule has 1 fully saturated rings. The van der Waals surface area contributed by atoms with E-state index in [1.54, 1.807) is 0 Å². The molecule has 2 unspecified atom stereocenters. The van der Waals surface area contributed by atoms with Gasteiger partial charge < -0.3 is 9.47 Å². The van der Waals surface area contributed by atoms with Crippen LogP contribution >= 0.6 is 0 Å². The van der Waals surface area contributed by atoms with Crippen LogP contribution < -0.4 is 4.90 Å². The van der Waals surface area contributed by atoms with Crippen molar-refractivity contribution in [2.75, 3.05) is 30.0 Å². The number of benzene rings is 1. The largest absolute Gasteiger partial charge is 0.329 e. The molecule has 1 saturated heterocycles. The van der Waals surface area contributed by atoms with Gasteiger partial charge in [0.15, 0.2) is 0 Å². The molecular weight excluding hydrogens is 510 g/mol. The van der Waals surface area contributed by atoms with Gasteiger partial charge in [0.1, 0.15) is 9.84 Å². The lowest BCUT2D eigenvalue weighted by Gasteiger charge is -2.41. The summed E-state index contributed by atoms with van der Waals surface area (Å²) in [4.78, 5) is 21.8. The number of piperazine rings is 1. The summed E-state index contributed by atoms with van der Waals surface area (Å²) in [6.07, 6.45) is 10.0. The Labute approximate surface area is 233 Å². The minimum Gasteiger partial charge on any atom is -0.329 e. The summed E-state index contributed by atoms with van der Waals surface area (Å²) in [6.45, 7) is 10.2. The summed E-state index contributed by atoms with van der Waals surface area (Å²) in [5, 5.41) is 9.54. The van der Waals surface area contributed by atoms with Crippen LogP contribution in [-0.2, 0) is 34.1 Å². The lowest BCUT2D eigenvalue weighted by atomic mass is 9.73. The van der Waals surface area contributed by atoms with Crippen molar-refractivity contribution in [3.05, 3.63) is 59.2 Å². The first-order chi connectivity index (χ1) is 18.4. The lowest BCUT2D eigenvalue weighted by molar-refractivity contribution is -0.122. The maximum atomic E-state index is 13.4. The van der Waals surface area contributed by atoms with Crippen molar-refractivity contribution in [2.45, 2.75) is 72.5 Å². The van der Waals surface area contributed by atoms with Crippen molar-refractivity contribution < 1.29 is 13.2 Å². The molecule has 9 heteroatoms. The molecule has 8 nitrogen and oxygen atoms in total. The Morgan fingerprint density at radius 1 is 1.23 bits per heavy atom. The number of carbonyl (C=O) groups is 1. The molecule has 1 aromatic carbocycles. The van der Waals surface area contributed by atoms with E-state index < -0.39 is 9.84 Å². The highest BCUT2D eigenvalue weighted by Crippen LogP contribution is 2.38. The highest BCUT2D eigenvalue weighted by atomic mass is 32.2. The van der Waals surface area contributed by atoms with Crippen molar-refractivity contribution in [2.24, 2.45) is 11.3 Å². The lowest BCUT2D eigenvalue weighted by Crippen LogP contribution is -2.56. The van der Waals surface area contributed by atoms with E-state index in [1.165, 1.54) is 17.4 Å². The number of sulfone groups is 1. The average molecular weight is 552 g/mol.